The molecule has 2 aliphatic heterocycles. The number of hydrogen-bond donors (Lipinski definition) is 2. The summed E-state index contributed by atoms with van der Waals surface area (Å²) in [6, 6.07) is 0.151. The van der Waals surface area contributed by atoms with Gasteiger partial charge in [0.15, 0.2) is 5.96 Å². The lowest BCUT2D eigenvalue weighted by Crippen LogP contribution is -2.49. The molecule has 136 valence electrons. The molecular weight excluding hydrogens is 314 g/mol. The van der Waals surface area contributed by atoms with Crippen molar-refractivity contribution in [3.63, 3.8) is 0 Å². The lowest BCUT2D eigenvalue weighted by molar-refractivity contribution is -0.133. The third-order valence-corrected chi connectivity index (χ3v) is 4.12. The number of nitrogens with zero attached hydrogens (tertiary/aromatic N) is 3. The van der Waals surface area contributed by atoms with Gasteiger partial charge in [-0.3, -0.25) is 4.79 Å². The number of likely N-dealkylation sites (tertiary alicyclic amines) is 1. The first-order valence-electron chi connectivity index (χ1n) is 8.43. The van der Waals surface area contributed by atoms with Crippen LogP contribution in [0.15, 0.2) is 4.99 Å². The summed E-state index contributed by atoms with van der Waals surface area (Å²) < 4.78 is 10.2. The number of carbonyl (C=O) groups excluding carboxylic acids is 2. The maximum absolute atomic E-state index is 12.0. The van der Waals surface area contributed by atoms with Crippen LogP contribution < -0.4 is 11.1 Å². The largest absolute Gasteiger partial charge is 0.450 e. The Bertz CT molecular complexity index is 457. The van der Waals surface area contributed by atoms with Crippen LogP contribution in [0.4, 0.5) is 4.79 Å². The smallest absolute Gasteiger partial charge is 0.409 e. The van der Waals surface area contributed by atoms with Gasteiger partial charge in [0.05, 0.1) is 19.8 Å². The van der Waals surface area contributed by atoms with Crippen LogP contribution >= 0.6 is 0 Å². The number of nitrogens with one attached hydrogen (secondary N) is 1. The maximum atomic E-state index is 12.0. The zero-order valence-corrected chi connectivity index (χ0v) is 14.2. The van der Waals surface area contributed by atoms with Gasteiger partial charge in [-0.2, -0.15) is 0 Å². The lowest BCUT2D eigenvalue weighted by Gasteiger charge is -2.31. The summed E-state index contributed by atoms with van der Waals surface area (Å²) in [5, 5.41) is 3.12. The molecule has 0 aromatic carbocycles. The van der Waals surface area contributed by atoms with Gasteiger partial charge in [0.1, 0.15) is 6.54 Å². The standard InChI is InChI=1S/C15H27N5O4/c1-2-24-15(22)20-5-3-12(4-6-20)18-14(16)17-11-13(21)19-7-9-23-10-8-19/h12H,2-11H2,1H3,(H3,16,17,18). The first kappa shape index (κ1) is 18.3. The van der Waals surface area contributed by atoms with Crippen LogP contribution in [-0.2, 0) is 14.3 Å². The Balaban J connectivity index is 1.69. The highest BCUT2D eigenvalue weighted by molar-refractivity contribution is 5.84. The fourth-order valence-electron chi connectivity index (χ4n) is 2.74. The van der Waals surface area contributed by atoms with E-state index in [-0.39, 0.29) is 30.5 Å². The van der Waals surface area contributed by atoms with E-state index in [0.717, 1.165) is 12.8 Å². The molecule has 2 aliphatic rings. The van der Waals surface area contributed by atoms with Gasteiger partial charge in [0.2, 0.25) is 5.91 Å². The number of rotatable bonds is 4. The summed E-state index contributed by atoms with van der Waals surface area (Å²) in [7, 11) is 0. The molecule has 3 N–H and O–H groups in total. The minimum atomic E-state index is -0.270. The number of nitrogens with two attached hydrogens (primary N) is 1. The molecule has 0 saturated carbocycles. The van der Waals surface area contributed by atoms with Gasteiger partial charge in [-0.15, -0.1) is 0 Å². The average molecular weight is 341 g/mol. The van der Waals surface area contributed by atoms with E-state index in [0.29, 0.717) is 46.0 Å². The Morgan fingerprint density at radius 2 is 1.88 bits per heavy atom. The van der Waals surface area contributed by atoms with Crippen LogP contribution in [0.1, 0.15) is 19.8 Å². The summed E-state index contributed by atoms with van der Waals surface area (Å²) in [4.78, 5) is 31.2. The molecule has 0 aromatic rings. The number of aliphatic imine (C=N–C) groups is 1. The normalized spacial score (nSPS) is 20.0. The van der Waals surface area contributed by atoms with Crippen LogP contribution in [0.2, 0.25) is 0 Å². The molecule has 2 amide bonds. The average Bonchev–Trinajstić information content (AvgIpc) is 2.61. The number of piperidine rings is 1. The van der Waals surface area contributed by atoms with Crippen LogP contribution in [-0.4, -0.2) is 86.3 Å². The lowest BCUT2D eigenvalue weighted by atomic mass is 10.1. The van der Waals surface area contributed by atoms with Gasteiger partial charge < -0.3 is 30.3 Å². The fraction of sp³-hybridized carbons (Fsp3) is 0.800. The zero-order valence-electron chi connectivity index (χ0n) is 14.2. The van der Waals surface area contributed by atoms with E-state index in [1.165, 1.54) is 0 Å². The number of carbonyl (C=O) groups is 2. The number of guanidine groups is 1. The number of morpholine rings is 1. The zero-order chi connectivity index (χ0) is 17.4. The van der Waals surface area contributed by atoms with Crippen LogP contribution in [0.5, 0.6) is 0 Å². The molecule has 9 heteroatoms. The van der Waals surface area contributed by atoms with E-state index in [1.807, 2.05) is 0 Å². The fourth-order valence-corrected chi connectivity index (χ4v) is 2.74. The van der Waals surface area contributed by atoms with Crippen molar-refractivity contribution < 1.29 is 19.1 Å². The van der Waals surface area contributed by atoms with Crippen LogP contribution in [0.25, 0.3) is 0 Å². The van der Waals surface area contributed by atoms with E-state index < -0.39 is 0 Å². The molecule has 9 nitrogen and oxygen atoms in total. The van der Waals surface area contributed by atoms with Crippen molar-refractivity contribution in [1.82, 2.24) is 15.1 Å². The van der Waals surface area contributed by atoms with Gasteiger partial charge in [0, 0.05) is 32.2 Å². The van der Waals surface area contributed by atoms with Crippen molar-refractivity contribution in [3.05, 3.63) is 0 Å². The minimum Gasteiger partial charge on any atom is -0.450 e. The molecule has 2 saturated heterocycles. The van der Waals surface area contributed by atoms with E-state index in [9.17, 15) is 9.59 Å². The molecular formula is C15H27N5O4. The Labute approximate surface area is 142 Å². The monoisotopic (exact) mass is 341 g/mol. The molecule has 2 rings (SSSR count). The highest BCUT2D eigenvalue weighted by Gasteiger charge is 2.24. The minimum absolute atomic E-state index is 0.0415. The Morgan fingerprint density at radius 3 is 2.50 bits per heavy atom. The predicted octanol–water partition coefficient (Wildman–Crippen LogP) is -0.630. The molecule has 2 fully saturated rings. The summed E-state index contributed by atoms with van der Waals surface area (Å²) in [6.45, 7) is 5.81. The quantitative estimate of drug-likeness (QED) is 0.520. The van der Waals surface area contributed by atoms with Crippen molar-refractivity contribution in [3.8, 4) is 0 Å². The second-order valence-electron chi connectivity index (χ2n) is 5.80. The van der Waals surface area contributed by atoms with Crippen molar-refractivity contribution in [2.45, 2.75) is 25.8 Å². The molecule has 0 unspecified atom stereocenters. The first-order chi connectivity index (χ1) is 11.6. The molecule has 0 radical (unpaired) electrons. The molecule has 0 aliphatic carbocycles. The topological polar surface area (TPSA) is 109 Å². The predicted molar refractivity (Wildman–Crippen MR) is 88.6 cm³/mol. The molecule has 2 heterocycles. The summed E-state index contributed by atoms with van der Waals surface area (Å²) in [5.41, 5.74) is 5.86. The second kappa shape index (κ2) is 9.31. The highest BCUT2D eigenvalue weighted by Crippen LogP contribution is 2.11. The molecule has 24 heavy (non-hydrogen) atoms. The third kappa shape index (κ3) is 5.55. The van der Waals surface area contributed by atoms with Gasteiger partial charge in [-0.25, -0.2) is 9.79 Å². The van der Waals surface area contributed by atoms with Crippen LogP contribution in [0.3, 0.4) is 0 Å². The number of ether oxygens (including phenoxy) is 2. The maximum Gasteiger partial charge on any atom is 0.409 e. The number of amides is 2. The molecule has 0 spiro atoms. The van der Waals surface area contributed by atoms with E-state index >= 15 is 0 Å². The Morgan fingerprint density at radius 1 is 1.21 bits per heavy atom. The SMILES string of the molecule is CCOC(=O)N1CCC(NC(N)=NCC(=O)N2CCOCC2)CC1. The first-order valence-corrected chi connectivity index (χ1v) is 8.43. The van der Waals surface area contributed by atoms with Crippen molar-refractivity contribution in [2.24, 2.45) is 10.7 Å². The van der Waals surface area contributed by atoms with E-state index in [2.05, 4.69) is 10.3 Å². The second-order valence-corrected chi connectivity index (χ2v) is 5.80. The van der Waals surface area contributed by atoms with Crippen molar-refractivity contribution in [1.29, 1.82) is 0 Å². The van der Waals surface area contributed by atoms with Gasteiger partial charge in [-0.1, -0.05) is 0 Å². The Kier molecular flexibility index (Phi) is 7.10. The van der Waals surface area contributed by atoms with E-state index in [4.69, 9.17) is 15.2 Å². The summed E-state index contributed by atoms with van der Waals surface area (Å²) in [5.74, 6) is 0.228. The van der Waals surface area contributed by atoms with Crippen LogP contribution in [0, 0.1) is 0 Å². The van der Waals surface area contributed by atoms with Gasteiger partial charge in [-0.05, 0) is 19.8 Å². The van der Waals surface area contributed by atoms with Gasteiger partial charge >= 0.3 is 6.09 Å². The molecule has 0 bridgehead atoms. The van der Waals surface area contributed by atoms with Gasteiger partial charge in [0.25, 0.3) is 0 Å². The van der Waals surface area contributed by atoms with E-state index in [1.54, 1.807) is 16.7 Å². The molecule has 0 aromatic heterocycles. The van der Waals surface area contributed by atoms with Crippen molar-refractivity contribution >= 4 is 18.0 Å². The Hall–Kier alpha value is -2.03. The molecule has 0 atom stereocenters. The third-order valence-electron chi connectivity index (χ3n) is 4.12. The number of hydrogen-bond acceptors (Lipinski definition) is 5. The summed E-state index contributed by atoms with van der Waals surface area (Å²) >= 11 is 0. The highest BCUT2D eigenvalue weighted by atomic mass is 16.6. The van der Waals surface area contributed by atoms with Crippen molar-refractivity contribution in [2.75, 3.05) is 52.5 Å². The summed E-state index contributed by atoms with van der Waals surface area (Å²) in [6.07, 6.45) is 1.27.